The third kappa shape index (κ3) is 4.41. The number of nitrogens with zero attached hydrogens (tertiary/aromatic N) is 3. The number of thiocarbonyl (C=S) groups is 1. The van der Waals surface area contributed by atoms with E-state index in [-0.39, 0.29) is 15.8 Å². The van der Waals surface area contributed by atoms with Crippen LogP contribution < -0.4 is 0 Å². The number of rotatable bonds is 4. The normalized spacial score (nSPS) is 15.9. The molecule has 2 aromatic carbocycles. The number of nitro benzene ring substituents is 1. The molecule has 0 atom stereocenters. The lowest BCUT2D eigenvalue weighted by molar-refractivity contribution is -0.384. The zero-order valence-electron chi connectivity index (χ0n) is 13.4. The number of nitro groups is 1. The van der Waals surface area contributed by atoms with Crippen LogP contribution >= 0.6 is 39.9 Å². The summed E-state index contributed by atoms with van der Waals surface area (Å²) >= 11 is 9.57. The maximum Gasteiger partial charge on any atom is 0.286 e. The first kappa shape index (κ1) is 19.2. The van der Waals surface area contributed by atoms with Gasteiger partial charge in [0.1, 0.15) is 5.75 Å². The predicted molar refractivity (Wildman–Crippen MR) is 112 cm³/mol. The van der Waals surface area contributed by atoms with Crippen LogP contribution in [0.25, 0.3) is 6.08 Å². The highest BCUT2D eigenvalue weighted by Gasteiger charge is 2.32. The SMILES string of the molecule is O=C1C(=Cc2ccc([N+](=O)[O-])cc2)SC(=S)N1/N=C/c1cc(Br)ccc1O. The first-order chi connectivity index (χ1) is 12.8. The summed E-state index contributed by atoms with van der Waals surface area (Å²) in [7, 11) is 0. The van der Waals surface area contributed by atoms with E-state index in [1.807, 2.05) is 0 Å². The lowest BCUT2D eigenvalue weighted by atomic mass is 10.2. The standard InChI is InChI=1S/C17H10BrN3O4S2/c18-12-3-6-14(22)11(8-12)9-19-20-16(23)15(27-17(20)26)7-10-1-4-13(5-2-10)21(24)25/h1-9,22H/b15-7?,19-9+. The number of benzene rings is 2. The zero-order chi connectivity index (χ0) is 19.6. The van der Waals surface area contributed by atoms with Crippen LogP contribution in [0.5, 0.6) is 5.75 Å². The van der Waals surface area contributed by atoms with Crippen LogP contribution in [-0.2, 0) is 4.79 Å². The molecule has 0 saturated carbocycles. The van der Waals surface area contributed by atoms with Crippen molar-refractivity contribution in [3.05, 3.63) is 73.1 Å². The fraction of sp³-hybridized carbons (Fsp3) is 0. The number of non-ortho nitro benzene ring substituents is 1. The number of carbonyl (C=O) groups excluding carboxylic acids is 1. The van der Waals surface area contributed by atoms with E-state index in [4.69, 9.17) is 12.2 Å². The maximum absolute atomic E-state index is 12.5. The van der Waals surface area contributed by atoms with E-state index < -0.39 is 10.8 Å². The van der Waals surface area contributed by atoms with Crippen molar-refractivity contribution in [2.24, 2.45) is 5.10 Å². The van der Waals surface area contributed by atoms with Gasteiger partial charge in [0.15, 0.2) is 4.32 Å². The Kier molecular flexibility index (Phi) is 5.68. The van der Waals surface area contributed by atoms with E-state index in [0.717, 1.165) is 21.2 Å². The van der Waals surface area contributed by atoms with Gasteiger partial charge in [0.25, 0.3) is 11.6 Å². The largest absolute Gasteiger partial charge is 0.507 e. The number of amides is 1. The molecule has 0 aromatic heterocycles. The van der Waals surface area contributed by atoms with Gasteiger partial charge in [-0.15, -0.1) is 0 Å². The first-order valence-electron chi connectivity index (χ1n) is 7.40. The van der Waals surface area contributed by atoms with E-state index >= 15 is 0 Å². The second-order valence-corrected chi connectivity index (χ2v) is 7.88. The van der Waals surface area contributed by atoms with Crippen LogP contribution in [0.4, 0.5) is 5.69 Å². The van der Waals surface area contributed by atoms with Crippen molar-refractivity contribution in [2.45, 2.75) is 0 Å². The Morgan fingerprint density at radius 1 is 1.26 bits per heavy atom. The van der Waals surface area contributed by atoms with Gasteiger partial charge in [-0.3, -0.25) is 14.9 Å². The molecule has 0 unspecified atom stereocenters. The average Bonchev–Trinajstić information content (AvgIpc) is 2.89. The summed E-state index contributed by atoms with van der Waals surface area (Å²) < 4.78 is 1.00. The van der Waals surface area contributed by atoms with Gasteiger partial charge in [0, 0.05) is 22.2 Å². The molecule has 2 aromatic rings. The van der Waals surface area contributed by atoms with Gasteiger partial charge in [0.2, 0.25) is 0 Å². The minimum Gasteiger partial charge on any atom is -0.507 e. The molecule has 3 rings (SSSR count). The molecule has 1 amide bonds. The van der Waals surface area contributed by atoms with Gasteiger partial charge in [-0.05, 0) is 54.2 Å². The molecular weight excluding hydrogens is 454 g/mol. The molecular formula is C17H10BrN3O4S2. The predicted octanol–water partition coefficient (Wildman–Crippen LogP) is 4.30. The Morgan fingerprint density at radius 2 is 1.96 bits per heavy atom. The van der Waals surface area contributed by atoms with Crippen LogP contribution in [-0.4, -0.2) is 31.5 Å². The number of aromatic hydroxyl groups is 1. The molecule has 0 radical (unpaired) electrons. The van der Waals surface area contributed by atoms with E-state index in [1.165, 1.54) is 24.4 Å². The first-order valence-corrected chi connectivity index (χ1v) is 9.42. The van der Waals surface area contributed by atoms with Crippen molar-refractivity contribution >= 4 is 68.1 Å². The molecule has 10 heteroatoms. The smallest absolute Gasteiger partial charge is 0.286 e. The molecule has 1 aliphatic rings. The summed E-state index contributed by atoms with van der Waals surface area (Å²) in [6.07, 6.45) is 2.94. The van der Waals surface area contributed by atoms with Crippen molar-refractivity contribution < 1.29 is 14.8 Å². The lowest BCUT2D eigenvalue weighted by Gasteiger charge is -2.06. The second kappa shape index (κ2) is 7.99. The van der Waals surface area contributed by atoms with Crippen LogP contribution in [0.1, 0.15) is 11.1 Å². The van der Waals surface area contributed by atoms with E-state index in [2.05, 4.69) is 21.0 Å². The van der Waals surface area contributed by atoms with Crippen LogP contribution in [0.2, 0.25) is 0 Å². The lowest BCUT2D eigenvalue weighted by Crippen LogP contribution is -2.22. The number of thioether (sulfide) groups is 1. The van der Waals surface area contributed by atoms with Crippen LogP contribution in [0.15, 0.2) is 56.9 Å². The maximum atomic E-state index is 12.5. The Hall–Kier alpha value is -2.56. The number of hydrogen-bond acceptors (Lipinski definition) is 7. The van der Waals surface area contributed by atoms with Gasteiger partial charge in [-0.1, -0.05) is 27.7 Å². The minimum absolute atomic E-state index is 0.0220. The average molecular weight is 464 g/mol. The number of phenols is 1. The summed E-state index contributed by atoms with van der Waals surface area (Å²) in [5, 5.41) is 25.7. The van der Waals surface area contributed by atoms with Crippen molar-refractivity contribution in [3.63, 3.8) is 0 Å². The molecule has 27 heavy (non-hydrogen) atoms. The highest BCUT2D eigenvalue weighted by molar-refractivity contribution is 9.10. The van der Waals surface area contributed by atoms with E-state index in [1.54, 1.807) is 30.3 Å². The molecule has 0 aliphatic carbocycles. The highest BCUT2D eigenvalue weighted by Crippen LogP contribution is 2.33. The van der Waals surface area contributed by atoms with Gasteiger partial charge in [0.05, 0.1) is 16.0 Å². The summed E-state index contributed by atoms with van der Waals surface area (Å²) in [4.78, 5) is 23.1. The monoisotopic (exact) mass is 463 g/mol. The van der Waals surface area contributed by atoms with Crippen LogP contribution in [0.3, 0.4) is 0 Å². The third-order valence-electron chi connectivity index (χ3n) is 3.48. The number of hydrazone groups is 1. The summed E-state index contributed by atoms with van der Waals surface area (Å²) in [5.41, 5.74) is 1.03. The number of halogens is 1. The van der Waals surface area contributed by atoms with E-state index in [0.29, 0.717) is 16.0 Å². The fourth-order valence-corrected chi connectivity index (χ4v) is 3.70. The van der Waals surface area contributed by atoms with Gasteiger partial charge in [-0.25, -0.2) is 0 Å². The molecule has 0 spiro atoms. The summed E-state index contributed by atoms with van der Waals surface area (Å²) in [6, 6.07) is 10.7. The van der Waals surface area contributed by atoms with Crippen molar-refractivity contribution in [3.8, 4) is 5.75 Å². The number of phenolic OH excluding ortho intramolecular Hbond substituents is 1. The quantitative estimate of drug-likeness (QED) is 0.238. The number of carbonyl (C=O) groups is 1. The highest BCUT2D eigenvalue weighted by atomic mass is 79.9. The Morgan fingerprint density at radius 3 is 2.63 bits per heavy atom. The second-order valence-electron chi connectivity index (χ2n) is 5.29. The molecule has 0 bridgehead atoms. The molecule has 1 aliphatic heterocycles. The molecule has 1 saturated heterocycles. The minimum atomic E-state index is -0.491. The van der Waals surface area contributed by atoms with Crippen molar-refractivity contribution in [1.29, 1.82) is 0 Å². The summed E-state index contributed by atoms with van der Waals surface area (Å²) in [6.45, 7) is 0. The Balaban J connectivity index is 1.81. The Bertz CT molecular complexity index is 1010. The molecule has 7 nitrogen and oxygen atoms in total. The number of hydrogen-bond donors (Lipinski definition) is 1. The van der Waals surface area contributed by atoms with Gasteiger partial charge < -0.3 is 5.11 Å². The molecule has 1 N–H and O–H groups in total. The molecule has 136 valence electrons. The van der Waals surface area contributed by atoms with Gasteiger partial charge in [-0.2, -0.15) is 10.1 Å². The Labute approximate surface area is 171 Å². The van der Waals surface area contributed by atoms with Crippen molar-refractivity contribution in [2.75, 3.05) is 0 Å². The molecule has 1 heterocycles. The summed E-state index contributed by atoms with van der Waals surface area (Å²) in [5.74, 6) is -0.386. The van der Waals surface area contributed by atoms with Crippen LogP contribution in [0, 0.1) is 10.1 Å². The molecule has 1 fully saturated rings. The zero-order valence-corrected chi connectivity index (χ0v) is 16.6. The topological polar surface area (TPSA) is 96.0 Å². The van der Waals surface area contributed by atoms with Crippen molar-refractivity contribution in [1.82, 2.24) is 5.01 Å². The third-order valence-corrected chi connectivity index (χ3v) is 5.25. The van der Waals surface area contributed by atoms with Gasteiger partial charge >= 0.3 is 0 Å². The van der Waals surface area contributed by atoms with E-state index in [9.17, 15) is 20.0 Å². The fourth-order valence-electron chi connectivity index (χ4n) is 2.15.